The van der Waals surface area contributed by atoms with Crippen molar-refractivity contribution in [2.75, 3.05) is 6.61 Å². The van der Waals surface area contributed by atoms with Crippen molar-refractivity contribution in [1.82, 2.24) is 4.72 Å². The monoisotopic (exact) mass is 281 g/mol. The van der Waals surface area contributed by atoms with E-state index in [1.165, 1.54) is 0 Å². The van der Waals surface area contributed by atoms with Crippen LogP contribution in [-0.4, -0.2) is 26.2 Å². The van der Waals surface area contributed by atoms with Gasteiger partial charge < -0.3 is 5.11 Å². The van der Waals surface area contributed by atoms with E-state index >= 15 is 0 Å². The van der Waals surface area contributed by atoms with Gasteiger partial charge in [0, 0.05) is 11.6 Å². The second-order valence-electron chi connectivity index (χ2n) is 4.39. The average molecular weight is 281 g/mol. The highest BCUT2D eigenvalue weighted by molar-refractivity contribution is 7.89. The number of hydrogen-bond donors (Lipinski definition) is 2. The van der Waals surface area contributed by atoms with Crippen LogP contribution in [0.5, 0.6) is 0 Å². The van der Waals surface area contributed by atoms with Gasteiger partial charge in [-0.25, -0.2) is 13.1 Å². The second kappa shape index (κ2) is 6.71. The number of sulfonamides is 1. The van der Waals surface area contributed by atoms with Gasteiger partial charge in [-0.05, 0) is 38.0 Å². The molecule has 1 aromatic carbocycles. The van der Waals surface area contributed by atoms with E-state index in [2.05, 4.69) is 16.6 Å². The molecule has 0 aliphatic carbocycles. The molecule has 0 aliphatic heterocycles. The second-order valence-corrected chi connectivity index (χ2v) is 6.07. The molecule has 0 heterocycles. The van der Waals surface area contributed by atoms with Crippen LogP contribution in [0, 0.1) is 18.8 Å². The summed E-state index contributed by atoms with van der Waals surface area (Å²) in [6, 6.07) is 4.84. The molecule has 0 spiro atoms. The lowest BCUT2D eigenvalue weighted by Crippen LogP contribution is -2.32. The van der Waals surface area contributed by atoms with Crippen molar-refractivity contribution in [3.8, 4) is 11.8 Å². The molecule has 0 bridgehead atoms. The van der Waals surface area contributed by atoms with Gasteiger partial charge in [0.05, 0.1) is 4.90 Å². The molecule has 0 saturated heterocycles. The minimum absolute atomic E-state index is 0.134. The van der Waals surface area contributed by atoms with E-state index < -0.39 is 10.0 Å². The summed E-state index contributed by atoms with van der Waals surface area (Å²) < 4.78 is 27.1. The third-order valence-electron chi connectivity index (χ3n) is 2.70. The fourth-order valence-corrected chi connectivity index (χ4v) is 2.99. The summed E-state index contributed by atoms with van der Waals surface area (Å²) in [5, 5.41) is 8.74. The Kier molecular flexibility index (Phi) is 5.55. The van der Waals surface area contributed by atoms with Crippen molar-refractivity contribution in [3.63, 3.8) is 0 Å². The van der Waals surface area contributed by atoms with Crippen LogP contribution in [0.1, 0.15) is 31.4 Å². The molecular formula is C14H19NO3S. The van der Waals surface area contributed by atoms with E-state index in [4.69, 9.17) is 5.11 Å². The quantitative estimate of drug-likeness (QED) is 0.820. The predicted molar refractivity (Wildman–Crippen MR) is 75.2 cm³/mol. The van der Waals surface area contributed by atoms with Gasteiger partial charge in [0.25, 0.3) is 0 Å². The number of rotatable bonds is 4. The Morgan fingerprint density at radius 1 is 1.42 bits per heavy atom. The number of aliphatic hydroxyl groups excluding tert-OH is 1. The van der Waals surface area contributed by atoms with E-state index in [0.717, 1.165) is 5.56 Å². The fourth-order valence-electron chi connectivity index (χ4n) is 1.52. The zero-order valence-electron chi connectivity index (χ0n) is 11.4. The van der Waals surface area contributed by atoms with Crippen molar-refractivity contribution >= 4 is 10.0 Å². The van der Waals surface area contributed by atoms with Crippen LogP contribution in [0.25, 0.3) is 0 Å². The molecule has 19 heavy (non-hydrogen) atoms. The molecular weight excluding hydrogens is 262 g/mol. The molecule has 5 heteroatoms. The molecule has 0 saturated carbocycles. The summed E-state index contributed by atoms with van der Waals surface area (Å²) in [7, 11) is -3.58. The predicted octanol–water partition coefficient (Wildman–Crippen LogP) is 1.42. The molecule has 0 fully saturated rings. The molecule has 0 aromatic heterocycles. The molecule has 1 atom stereocenters. The fraction of sp³-hybridized carbons (Fsp3) is 0.429. The van der Waals surface area contributed by atoms with E-state index in [0.29, 0.717) is 12.0 Å². The van der Waals surface area contributed by atoms with Crippen molar-refractivity contribution in [1.29, 1.82) is 0 Å². The van der Waals surface area contributed by atoms with Crippen molar-refractivity contribution in [2.45, 2.75) is 38.1 Å². The molecule has 0 amide bonds. The summed E-state index contributed by atoms with van der Waals surface area (Å²) >= 11 is 0. The van der Waals surface area contributed by atoms with Crippen LogP contribution in [-0.2, 0) is 10.0 Å². The first kappa shape index (κ1) is 15.7. The summed E-state index contributed by atoms with van der Waals surface area (Å²) in [6.07, 6.45) is 0.711. The van der Waals surface area contributed by atoms with Crippen LogP contribution in [0.3, 0.4) is 0 Å². The van der Waals surface area contributed by atoms with E-state index in [9.17, 15) is 8.42 Å². The Hall–Kier alpha value is -1.35. The van der Waals surface area contributed by atoms with Gasteiger partial charge in [0.15, 0.2) is 0 Å². The number of benzene rings is 1. The Morgan fingerprint density at radius 2 is 2.11 bits per heavy atom. The summed E-state index contributed by atoms with van der Waals surface area (Å²) in [5.41, 5.74) is 1.33. The molecule has 0 aliphatic rings. The molecule has 2 N–H and O–H groups in total. The summed E-state index contributed by atoms with van der Waals surface area (Å²) in [4.78, 5) is 0.152. The van der Waals surface area contributed by atoms with Crippen LogP contribution in [0.2, 0.25) is 0 Å². The first-order valence-corrected chi connectivity index (χ1v) is 7.61. The van der Waals surface area contributed by atoms with Crippen LogP contribution >= 0.6 is 0 Å². The van der Waals surface area contributed by atoms with Gasteiger partial charge in [-0.3, -0.25) is 0 Å². The Morgan fingerprint density at radius 3 is 2.68 bits per heavy atom. The number of hydrogen-bond acceptors (Lipinski definition) is 3. The van der Waals surface area contributed by atoms with Crippen molar-refractivity contribution < 1.29 is 13.5 Å². The molecule has 4 nitrogen and oxygen atoms in total. The van der Waals surface area contributed by atoms with E-state index in [1.54, 1.807) is 18.2 Å². The van der Waals surface area contributed by atoms with E-state index in [1.807, 2.05) is 20.8 Å². The Bertz CT molecular complexity index is 597. The Labute approximate surface area is 114 Å². The Balaban J connectivity index is 3.26. The van der Waals surface area contributed by atoms with Crippen LogP contribution in [0.4, 0.5) is 0 Å². The first-order valence-electron chi connectivity index (χ1n) is 6.13. The maximum Gasteiger partial charge on any atom is 0.242 e. The first-order chi connectivity index (χ1) is 8.90. The summed E-state index contributed by atoms with van der Waals surface area (Å²) in [5.74, 6) is 5.17. The normalized spacial score (nSPS) is 12.6. The molecule has 1 unspecified atom stereocenters. The standard InChI is InChI=1S/C14H19NO3S/c1-4-12(3)15-19(17,18)14-8-7-11(2)10-13(14)6-5-9-16/h7-8,10,12,15-16H,4,9H2,1-3H3. The van der Waals surface area contributed by atoms with Gasteiger partial charge in [0.2, 0.25) is 10.0 Å². The molecule has 1 rings (SSSR count). The van der Waals surface area contributed by atoms with Gasteiger partial charge in [-0.15, -0.1) is 0 Å². The average Bonchev–Trinajstić information content (AvgIpc) is 2.35. The lowest BCUT2D eigenvalue weighted by Gasteiger charge is -2.13. The van der Waals surface area contributed by atoms with Crippen molar-refractivity contribution in [3.05, 3.63) is 29.3 Å². The SMILES string of the molecule is CCC(C)NS(=O)(=O)c1ccc(C)cc1C#CCO. The number of aryl methyl sites for hydroxylation is 1. The zero-order valence-corrected chi connectivity index (χ0v) is 12.2. The highest BCUT2D eigenvalue weighted by Crippen LogP contribution is 2.17. The number of aliphatic hydroxyl groups is 1. The van der Waals surface area contributed by atoms with Crippen LogP contribution in [0.15, 0.2) is 23.1 Å². The third kappa shape index (κ3) is 4.35. The molecule has 104 valence electrons. The zero-order chi connectivity index (χ0) is 14.5. The lowest BCUT2D eigenvalue weighted by atomic mass is 10.1. The summed E-state index contributed by atoms with van der Waals surface area (Å²) in [6.45, 7) is 5.29. The van der Waals surface area contributed by atoms with Gasteiger partial charge in [-0.1, -0.05) is 24.8 Å². The van der Waals surface area contributed by atoms with Crippen molar-refractivity contribution in [2.24, 2.45) is 0 Å². The highest BCUT2D eigenvalue weighted by atomic mass is 32.2. The maximum absolute atomic E-state index is 12.3. The minimum atomic E-state index is -3.58. The molecule has 0 radical (unpaired) electrons. The highest BCUT2D eigenvalue weighted by Gasteiger charge is 2.19. The van der Waals surface area contributed by atoms with Gasteiger partial charge in [0.1, 0.15) is 6.61 Å². The molecule has 1 aromatic rings. The van der Waals surface area contributed by atoms with Crippen LogP contribution < -0.4 is 4.72 Å². The maximum atomic E-state index is 12.3. The lowest BCUT2D eigenvalue weighted by molar-refractivity contribution is 0.350. The minimum Gasteiger partial charge on any atom is -0.384 e. The largest absolute Gasteiger partial charge is 0.384 e. The van der Waals surface area contributed by atoms with Gasteiger partial charge in [-0.2, -0.15) is 0 Å². The van der Waals surface area contributed by atoms with Gasteiger partial charge >= 0.3 is 0 Å². The smallest absolute Gasteiger partial charge is 0.242 e. The van der Waals surface area contributed by atoms with E-state index in [-0.39, 0.29) is 17.5 Å². The topological polar surface area (TPSA) is 66.4 Å². The third-order valence-corrected chi connectivity index (χ3v) is 4.34. The number of nitrogens with one attached hydrogen (secondary N) is 1.